The topological polar surface area (TPSA) is 70.4 Å². The zero-order valence-corrected chi connectivity index (χ0v) is 10.4. The fourth-order valence-electron chi connectivity index (χ4n) is 1.63. The standard InChI is InChI=1S/C11H16N2O4/c1-7-10(11(17-4)13(2)12-7)8(14)5-6-9(15)16-3/h5-6H2,1-4H3. The van der Waals surface area contributed by atoms with Crippen molar-refractivity contribution in [2.24, 2.45) is 7.05 Å². The smallest absolute Gasteiger partial charge is 0.305 e. The van der Waals surface area contributed by atoms with Crippen LogP contribution >= 0.6 is 0 Å². The molecule has 1 rings (SSSR count). The van der Waals surface area contributed by atoms with Gasteiger partial charge >= 0.3 is 5.97 Å². The number of esters is 1. The first kappa shape index (κ1) is 13.2. The van der Waals surface area contributed by atoms with Gasteiger partial charge in [-0.2, -0.15) is 5.10 Å². The monoisotopic (exact) mass is 240 g/mol. The molecule has 0 spiro atoms. The van der Waals surface area contributed by atoms with Crippen LogP contribution in [0.25, 0.3) is 0 Å². The SMILES string of the molecule is COC(=O)CCC(=O)c1c(C)nn(C)c1OC. The first-order valence-electron chi connectivity index (χ1n) is 5.18. The van der Waals surface area contributed by atoms with E-state index in [9.17, 15) is 9.59 Å². The summed E-state index contributed by atoms with van der Waals surface area (Å²) in [6.45, 7) is 1.73. The number of hydrogen-bond acceptors (Lipinski definition) is 5. The summed E-state index contributed by atoms with van der Waals surface area (Å²) in [5.41, 5.74) is 1.03. The zero-order chi connectivity index (χ0) is 13.0. The third-order valence-electron chi connectivity index (χ3n) is 2.43. The first-order chi connectivity index (χ1) is 8.01. The fourth-order valence-corrected chi connectivity index (χ4v) is 1.63. The van der Waals surface area contributed by atoms with Gasteiger partial charge in [-0.05, 0) is 6.92 Å². The number of methoxy groups -OCH3 is 2. The molecule has 0 aliphatic heterocycles. The average Bonchev–Trinajstić information content (AvgIpc) is 2.59. The molecule has 0 fully saturated rings. The number of rotatable bonds is 5. The van der Waals surface area contributed by atoms with Crippen LogP contribution in [0, 0.1) is 6.92 Å². The number of ketones is 1. The van der Waals surface area contributed by atoms with Crippen molar-refractivity contribution in [2.45, 2.75) is 19.8 Å². The Labute approximate surface area is 99.5 Å². The summed E-state index contributed by atoms with van der Waals surface area (Å²) < 4.78 is 11.1. The predicted octanol–water partition coefficient (Wildman–Crippen LogP) is 0.873. The maximum Gasteiger partial charge on any atom is 0.305 e. The van der Waals surface area contributed by atoms with Gasteiger partial charge in [-0.3, -0.25) is 9.59 Å². The largest absolute Gasteiger partial charge is 0.481 e. The summed E-state index contributed by atoms with van der Waals surface area (Å²) in [6, 6.07) is 0. The third kappa shape index (κ3) is 2.83. The molecule has 17 heavy (non-hydrogen) atoms. The lowest BCUT2D eigenvalue weighted by atomic mass is 10.1. The van der Waals surface area contributed by atoms with Crippen molar-refractivity contribution in [3.63, 3.8) is 0 Å². The second kappa shape index (κ2) is 5.47. The van der Waals surface area contributed by atoms with Crippen LogP contribution in [0.2, 0.25) is 0 Å². The molecule has 0 saturated heterocycles. The van der Waals surface area contributed by atoms with Gasteiger partial charge in [0.05, 0.1) is 26.3 Å². The van der Waals surface area contributed by atoms with Crippen LogP contribution in [-0.4, -0.2) is 35.8 Å². The van der Waals surface area contributed by atoms with E-state index < -0.39 is 5.97 Å². The zero-order valence-electron chi connectivity index (χ0n) is 10.4. The number of carbonyl (C=O) groups is 2. The molecule has 0 atom stereocenters. The number of ether oxygens (including phenoxy) is 2. The van der Waals surface area contributed by atoms with Gasteiger partial charge in [0.2, 0.25) is 5.88 Å². The van der Waals surface area contributed by atoms with Crippen LogP contribution in [0.1, 0.15) is 28.9 Å². The molecule has 0 N–H and O–H groups in total. The highest BCUT2D eigenvalue weighted by Gasteiger charge is 2.21. The molecule has 0 radical (unpaired) electrons. The van der Waals surface area contributed by atoms with Gasteiger partial charge in [0.25, 0.3) is 0 Å². The van der Waals surface area contributed by atoms with Crippen LogP contribution in [-0.2, 0) is 16.6 Å². The van der Waals surface area contributed by atoms with E-state index in [2.05, 4.69) is 9.84 Å². The van der Waals surface area contributed by atoms with Crippen molar-refractivity contribution in [2.75, 3.05) is 14.2 Å². The van der Waals surface area contributed by atoms with E-state index in [-0.39, 0.29) is 18.6 Å². The van der Waals surface area contributed by atoms with E-state index in [1.807, 2.05) is 0 Å². The minimum absolute atomic E-state index is 0.0623. The quantitative estimate of drug-likeness (QED) is 0.564. The van der Waals surface area contributed by atoms with E-state index in [1.165, 1.54) is 18.9 Å². The van der Waals surface area contributed by atoms with Gasteiger partial charge in [0.15, 0.2) is 5.78 Å². The molecule has 0 unspecified atom stereocenters. The van der Waals surface area contributed by atoms with Crippen molar-refractivity contribution in [1.29, 1.82) is 0 Å². The van der Waals surface area contributed by atoms with Crippen LogP contribution in [0.3, 0.4) is 0 Å². The summed E-state index contributed by atoms with van der Waals surface area (Å²) in [5, 5.41) is 4.10. The highest BCUT2D eigenvalue weighted by molar-refractivity contribution is 6.00. The number of Topliss-reactive ketones (excluding diaryl/α,β-unsaturated/α-hetero) is 1. The van der Waals surface area contributed by atoms with Crippen molar-refractivity contribution in [3.8, 4) is 5.88 Å². The van der Waals surface area contributed by atoms with Gasteiger partial charge < -0.3 is 9.47 Å². The number of carbonyl (C=O) groups excluding carboxylic acids is 2. The van der Waals surface area contributed by atoms with Gasteiger partial charge in [-0.1, -0.05) is 0 Å². The van der Waals surface area contributed by atoms with Gasteiger partial charge in [0.1, 0.15) is 5.56 Å². The minimum atomic E-state index is -0.404. The Kier molecular flexibility index (Phi) is 4.25. The highest BCUT2D eigenvalue weighted by Crippen LogP contribution is 2.22. The number of hydrogen-bond donors (Lipinski definition) is 0. The summed E-state index contributed by atoms with van der Waals surface area (Å²) >= 11 is 0. The molecule has 0 amide bonds. The molecular formula is C11H16N2O4. The van der Waals surface area contributed by atoms with E-state index in [0.717, 1.165) is 0 Å². The Balaban J connectivity index is 2.85. The Morgan fingerprint density at radius 3 is 2.47 bits per heavy atom. The molecule has 1 aromatic heterocycles. The Bertz CT molecular complexity index is 437. The van der Waals surface area contributed by atoms with Crippen molar-refractivity contribution in [1.82, 2.24) is 9.78 Å². The Hall–Kier alpha value is -1.85. The molecule has 1 aromatic rings. The van der Waals surface area contributed by atoms with Crippen LogP contribution < -0.4 is 4.74 Å². The molecular weight excluding hydrogens is 224 g/mol. The average molecular weight is 240 g/mol. The summed E-state index contributed by atoms with van der Waals surface area (Å²) in [5.74, 6) is -0.158. The summed E-state index contributed by atoms with van der Waals surface area (Å²) in [7, 11) is 4.47. The fraction of sp³-hybridized carbons (Fsp3) is 0.545. The normalized spacial score (nSPS) is 10.1. The van der Waals surface area contributed by atoms with E-state index in [1.54, 1.807) is 14.0 Å². The molecule has 0 saturated carbocycles. The first-order valence-corrected chi connectivity index (χ1v) is 5.18. The van der Waals surface area contributed by atoms with Gasteiger partial charge in [-0.25, -0.2) is 4.68 Å². The molecule has 0 bridgehead atoms. The lowest BCUT2D eigenvalue weighted by Crippen LogP contribution is -2.08. The number of aryl methyl sites for hydroxylation is 2. The predicted molar refractivity (Wildman–Crippen MR) is 60.1 cm³/mol. The van der Waals surface area contributed by atoms with Gasteiger partial charge in [0, 0.05) is 13.5 Å². The van der Waals surface area contributed by atoms with Gasteiger partial charge in [-0.15, -0.1) is 0 Å². The molecule has 0 aliphatic rings. The molecule has 6 nitrogen and oxygen atoms in total. The highest BCUT2D eigenvalue weighted by atomic mass is 16.5. The van der Waals surface area contributed by atoms with Crippen LogP contribution in [0.15, 0.2) is 0 Å². The summed E-state index contributed by atoms with van der Waals surface area (Å²) in [4.78, 5) is 22.9. The second-order valence-corrected chi connectivity index (χ2v) is 3.59. The van der Waals surface area contributed by atoms with Crippen molar-refractivity contribution < 1.29 is 19.1 Å². The maximum absolute atomic E-state index is 11.9. The number of aromatic nitrogens is 2. The Morgan fingerprint density at radius 1 is 1.29 bits per heavy atom. The minimum Gasteiger partial charge on any atom is -0.481 e. The Morgan fingerprint density at radius 2 is 1.94 bits per heavy atom. The molecule has 1 heterocycles. The lowest BCUT2D eigenvalue weighted by Gasteiger charge is -2.03. The van der Waals surface area contributed by atoms with E-state index >= 15 is 0 Å². The number of nitrogens with zero attached hydrogens (tertiary/aromatic N) is 2. The molecule has 94 valence electrons. The third-order valence-corrected chi connectivity index (χ3v) is 2.43. The second-order valence-electron chi connectivity index (χ2n) is 3.59. The van der Waals surface area contributed by atoms with Crippen molar-refractivity contribution >= 4 is 11.8 Å². The molecule has 6 heteroatoms. The van der Waals surface area contributed by atoms with Crippen LogP contribution in [0.4, 0.5) is 0 Å². The molecule has 0 aromatic carbocycles. The maximum atomic E-state index is 11.9. The van der Waals surface area contributed by atoms with E-state index in [0.29, 0.717) is 17.1 Å². The van der Waals surface area contributed by atoms with Crippen LogP contribution in [0.5, 0.6) is 5.88 Å². The van der Waals surface area contributed by atoms with Crippen molar-refractivity contribution in [3.05, 3.63) is 11.3 Å². The van der Waals surface area contributed by atoms with E-state index in [4.69, 9.17) is 4.74 Å². The summed E-state index contributed by atoms with van der Waals surface area (Å²) in [6.07, 6.45) is 0.155. The lowest BCUT2D eigenvalue weighted by molar-refractivity contribution is -0.140. The molecule has 0 aliphatic carbocycles.